The molecule has 2 rings (SSSR count). The van der Waals surface area contributed by atoms with Gasteiger partial charge in [0.05, 0.1) is 12.5 Å². The molecule has 0 radical (unpaired) electrons. The number of nitriles is 1. The molecule has 29 heavy (non-hydrogen) atoms. The van der Waals surface area contributed by atoms with Gasteiger partial charge in [0.25, 0.3) is 0 Å². The number of nitrogens with zero attached hydrogens (tertiary/aromatic N) is 2. The fourth-order valence-corrected chi connectivity index (χ4v) is 4.20. The molecule has 2 aromatic rings. The highest BCUT2D eigenvalue weighted by Crippen LogP contribution is 2.36. The summed E-state index contributed by atoms with van der Waals surface area (Å²) >= 11 is 0. The molecule has 0 spiro atoms. The van der Waals surface area contributed by atoms with Crippen molar-refractivity contribution in [2.45, 2.75) is 70.9 Å². The molecule has 4 heteroatoms. The molecular weight excluding hydrogens is 372 g/mol. The summed E-state index contributed by atoms with van der Waals surface area (Å²) in [4.78, 5) is 2.43. The summed E-state index contributed by atoms with van der Waals surface area (Å²) in [6.07, 6.45) is 1.39. The number of benzene rings is 2. The number of hydrogen-bond donors (Lipinski definition) is 0. The van der Waals surface area contributed by atoms with E-state index in [9.17, 15) is 5.26 Å². The Kier molecular flexibility index (Phi) is 8.64. The topological polar surface area (TPSA) is 36.3 Å². The standard InChI is InChI=1S/C25H36N2OSi/c1-25(2,3)29(4,5)28-19-17-24(16-18-26)27(20-22-12-8-6-9-13-22)21-23-14-10-7-11-15-23/h6-15,24H,16-17,19-21H2,1-5H3/t24-/m1/s1. The third kappa shape index (κ3) is 7.43. The lowest BCUT2D eigenvalue weighted by molar-refractivity contribution is 0.145. The van der Waals surface area contributed by atoms with Gasteiger partial charge in [-0.3, -0.25) is 4.90 Å². The Bertz CT molecular complexity index is 721. The van der Waals surface area contributed by atoms with Crippen LogP contribution in [0.25, 0.3) is 0 Å². The van der Waals surface area contributed by atoms with Crippen molar-refractivity contribution in [1.29, 1.82) is 5.26 Å². The van der Waals surface area contributed by atoms with E-state index in [4.69, 9.17) is 4.43 Å². The first kappa shape index (κ1) is 23.3. The molecule has 0 aromatic heterocycles. The first-order valence-electron chi connectivity index (χ1n) is 10.6. The monoisotopic (exact) mass is 408 g/mol. The second-order valence-electron chi connectivity index (χ2n) is 9.29. The SMILES string of the molecule is CC(C)(C)[Si](C)(C)OCC[C@@H](CC#N)N(Cc1ccccc1)Cc1ccccc1. The Balaban J connectivity index is 2.13. The summed E-state index contributed by atoms with van der Waals surface area (Å²) in [5.74, 6) is 0. The highest BCUT2D eigenvalue weighted by atomic mass is 28.4. The van der Waals surface area contributed by atoms with Gasteiger partial charge in [0.15, 0.2) is 8.32 Å². The molecule has 0 fully saturated rings. The van der Waals surface area contributed by atoms with E-state index < -0.39 is 8.32 Å². The van der Waals surface area contributed by atoms with Crippen LogP contribution in [0.2, 0.25) is 18.1 Å². The summed E-state index contributed by atoms with van der Waals surface area (Å²) in [6, 6.07) is 23.6. The summed E-state index contributed by atoms with van der Waals surface area (Å²) < 4.78 is 6.42. The Labute approximate surface area is 178 Å². The highest BCUT2D eigenvalue weighted by molar-refractivity contribution is 6.74. The molecule has 1 atom stereocenters. The van der Waals surface area contributed by atoms with Gasteiger partial charge in [-0.2, -0.15) is 5.26 Å². The van der Waals surface area contributed by atoms with Crippen LogP contribution in [0.15, 0.2) is 60.7 Å². The van der Waals surface area contributed by atoms with Crippen molar-refractivity contribution < 1.29 is 4.43 Å². The van der Waals surface area contributed by atoms with E-state index in [0.29, 0.717) is 13.0 Å². The average molecular weight is 409 g/mol. The van der Waals surface area contributed by atoms with Crippen LogP contribution in [0.4, 0.5) is 0 Å². The maximum Gasteiger partial charge on any atom is 0.191 e. The Hall–Kier alpha value is -1.93. The third-order valence-electron chi connectivity index (χ3n) is 6.02. The predicted octanol–water partition coefficient (Wildman–Crippen LogP) is 6.38. The molecule has 0 saturated carbocycles. The Morgan fingerprint density at radius 1 is 0.931 bits per heavy atom. The van der Waals surface area contributed by atoms with Crippen LogP contribution in [0.1, 0.15) is 44.7 Å². The van der Waals surface area contributed by atoms with E-state index in [0.717, 1.165) is 19.5 Å². The summed E-state index contributed by atoms with van der Waals surface area (Å²) in [5.41, 5.74) is 2.55. The molecule has 0 unspecified atom stereocenters. The first-order valence-corrected chi connectivity index (χ1v) is 13.5. The molecule has 3 nitrogen and oxygen atoms in total. The van der Waals surface area contributed by atoms with E-state index in [1.807, 2.05) is 12.1 Å². The van der Waals surface area contributed by atoms with Crippen molar-refractivity contribution >= 4 is 8.32 Å². The van der Waals surface area contributed by atoms with Crippen LogP contribution >= 0.6 is 0 Å². The van der Waals surface area contributed by atoms with Gasteiger partial charge in [0.1, 0.15) is 0 Å². The molecule has 0 aliphatic heterocycles. The van der Waals surface area contributed by atoms with Gasteiger partial charge >= 0.3 is 0 Å². The first-order chi connectivity index (χ1) is 13.7. The van der Waals surface area contributed by atoms with E-state index >= 15 is 0 Å². The number of hydrogen-bond acceptors (Lipinski definition) is 3. The zero-order valence-electron chi connectivity index (χ0n) is 18.7. The molecule has 0 saturated heterocycles. The minimum atomic E-state index is -1.78. The molecule has 0 bridgehead atoms. The van der Waals surface area contributed by atoms with Gasteiger partial charge < -0.3 is 4.43 Å². The van der Waals surface area contributed by atoms with Crippen LogP contribution in [0, 0.1) is 11.3 Å². The van der Waals surface area contributed by atoms with E-state index in [2.05, 4.69) is 93.4 Å². The van der Waals surface area contributed by atoms with Crippen molar-refractivity contribution in [3.63, 3.8) is 0 Å². The Morgan fingerprint density at radius 3 is 1.83 bits per heavy atom. The van der Waals surface area contributed by atoms with Gasteiger partial charge in [0, 0.05) is 25.7 Å². The second kappa shape index (κ2) is 10.7. The van der Waals surface area contributed by atoms with Crippen molar-refractivity contribution in [2.75, 3.05) is 6.61 Å². The fraction of sp³-hybridized carbons (Fsp3) is 0.480. The van der Waals surface area contributed by atoms with Crippen LogP contribution in [-0.4, -0.2) is 25.9 Å². The molecule has 0 amide bonds. The molecule has 2 aromatic carbocycles. The van der Waals surface area contributed by atoms with Gasteiger partial charge in [-0.1, -0.05) is 81.4 Å². The minimum absolute atomic E-state index is 0.171. The van der Waals surface area contributed by atoms with Crippen molar-refractivity contribution in [3.05, 3.63) is 71.8 Å². The zero-order valence-corrected chi connectivity index (χ0v) is 19.7. The Morgan fingerprint density at radius 2 is 1.41 bits per heavy atom. The molecule has 0 aliphatic carbocycles. The molecule has 0 N–H and O–H groups in total. The van der Waals surface area contributed by atoms with E-state index in [1.54, 1.807) is 0 Å². The third-order valence-corrected chi connectivity index (χ3v) is 10.6. The second-order valence-corrected chi connectivity index (χ2v) is 14.1. The lowest BCUT2D eigenvalue weighted by atomic mass is 10.1. The lowest BCUT2D eigenvalue weighted by Crippen LogP contribution is -2.42. The molecule has 0 heterocycles. The van der Waals surface area contributed by atoms with Gasteiger partial charge in [-0.05, 0) is 35.7 Å². The van der Waals surface area contributed by atoms with Crippen LogP contribution in [-0.2, 0) is 17.5 Å². The molecule has 0 aliphatic rings. The smallest absolute Gasteiger partial charge is 0.191 e. The maximum absolute atomic E-state index is 9.50. The predicted molar refractivity (Wildman–Crippen MR) is 124 cm³/mol. The zero-order chi connectivity index (χ0) is 21.3. The van der Waals surface area contributed by atoms with Crippen molar-refractivity contribution in [3.8, 4) is 6.07 Å². The van der Waals surface area contributed by atoms with E-state index in [-0.39, 0.29) is 11.1 Å². The average Bonchev–Trinajstić information content (AvgIpc) is 2.67. The van der Waals surface area contributed by atoms with Crippen LogP contribution in [0.3, 0.4) is 0 Å². The summed E-state index contributed by atoms with van der Waals surface area (Å²) in [5, 5.41) is 9.70. The van der Waals surface area contributed by atoms with Crippen LogP contribution < -0.4 is 0 Å². The van der Waals surface area contributed by atoms with Crippen molar-refractivity contribution in [2.24, 2.45) is 0 Å². The molecule has 156 valence electrons. The fourth-order valence-electron chi connectivity index (χ4n) is 3.14. The maximum atomic E-state index is 9.50. The minimum Gasteiger partial charge on any atom is -0.417 e. The summed E-state index contributed by atoms with van der Waals surface area (Å²) in [7, 11) is -1.78. The largest absolute Gasteiger partial charge is 0.417 e. The quantitative estimate of drug-likeness (QED) is 0.428. The van der Waals surface area contributed by atoms with Gasteiger partial charge in [-0.15, -0.1) is 0 Å². The lowest BCUT2D eigenvalue weighted by Gasteiger charge is -2.37. The summed E-state index contributed by atoms with van der Waals surface area (Å²) in [6.45, 7) is 13.8. The highest BCUT2D eigenvalue weighted by Gasteiger charge is 2.37. The van der Waals surface area contributed by atoms with E-state index in [1.165, 1.54) is 11.1 Å². The molecular formula is C25H36N2OSi. The van der Waals surface area contributed by atoms with Gasteiger partial charge in [-0.25, -0.2) is 0 Å². The normalized spacial score (nSPS) is 13.3. The number of rotatable bonds is 10. The van der Waals surface area contributed by atoms with Crippen LogP contribution in [0.5, 0.6) is 0 Å². The van der Waals surface area contributed by atoms with Crippen molar-refractivity contribution in [1.82, 2.24) is 4.90 Å². The van der Waals surface area contributed by atoms with Gasteiger partial charge in [0.2, 0.25) is 0 Å².